The summed E-state index contributed by atoms with van der Waals surface area (Å²) in [6.07, 6.45) is 0. The van der Waals surface area contributed by atoms with Gasteiger partial charge in [0.05, 0.1) is 5.56 Å². The third kappa shape index (κ3) is 3.14. The Labute approximate surface area is 100 Å². The first-order valence-electron chi connectivity index (χ1n) is 5.12. The van der Waals surface area contributed by atoms with E-state index < -0.39 is 5.97 Å². The summed E-state index contributed by atoms with van der Waals surface area (Å²) in [6, 6.07) is 5.17. The van der Waals surface area contributed by atoms with Gasteiger partial charge in [0.1, 0.15) is 0 Å². The Morgan fingerprint density at radius 1 is 1.44 bits per heavy atom. The van der Waals surface area contributed by atoms with Crippen LogP contribution in [0.15, 0.2) is 34.6 Å². The molecule has 3 heteroatoms. The van der Waals surface area contributed by atoms with Gasteiger partial charge in [-0.3, -0.25) is 0 Å². The van der Waals surface area contributed by atoms with Gasteiger partial charge in [-0.05, 0) is 41.5 Å². The number of hydrogen-bond acceptors (Lipinski definition) is 2. The van der Waals surface area contributed by atoms with Crippen molar-refractivity contribution in [3.05, 3.63) is 40.8 Å². The van der Waals surface area contributed by atoms with Crippen molar-refractivity contribution >= 4 is 17.7 Å². The van der Waals surface area contributed by atoms with E-state index in [-0.39, 0.29) is 0 Å². The molecule has 0 fully saturated rings. The number of carboxylic acid groups (broad SMARTS) is 1. The highest BCUT2D eigenvalue weighted by Gasteiger charge is 2.08. The summed E-state index contributed by atoms with van der Waals surface area (Å²) in [5.41, 5.74) is 1.31. The van der Waals surface area contributed by atoms with Crippen LogP contribution in [0.5, 0.6) is 0 Å². The monoisotopic (exact) mass is 236 g/mol. The lowest BCUT2D eigenvalue weighted by Gasteiger charge is -2.11. The van der Waals surface area contributed by atoms with Gasteiger partial charge in [-0.15, -0.1) is 0 Å². The first kappa shape index (κ1) is 12.8. The van der Waals surface area contributed by atoms with Gasteiger partial charge >= 0.3 is 5.97 Å². The van der Waals surface area contributed by atoms with Crippen LogP contribution in [0.3, 0.4) is 0 Å². The highest BCUT2D eigenvalue weighted by Crippen LogP contribution is 2.32. The summed E-state index contributed by atoms with van der Waals surface area (Å²) in [5.74, 6) is -0.467. The molecule has 0 bridgehead atoms. The Bertz CT molecular complexity index is 422. The van der Waals surface area contributed by atoms with Gasteiger partial charge < -0.3 is 5.11 Å². The van der Waals surface area contributed by atoms with E-state index in [9.17, 15) is 4.79 Å². The summed E-state index contributed by atoms with van der Waals surface area (Å²) >= 11 is 1.61. The van der Waals surface area contributed by atoms with Crippen molar-refractivity contribution in [2.45, 2.75) is 25.7 Å². The summed E-state index contributed by atoms with van der Waals surface area (Å²) in [7, 11) is 0. The van der Waals surface area contributed by atoms with Crippen molar-refractivity contribution in [1.82, 2.24) is 0 Å². The Balaban J connectivity index is 2.91. The molecule has 0 aliphatic heterocycles. The molecule has 0 saturated carbocycles. The number of aromatic carboxylic acids is 1. The lowest BCUT2D eigenvalue weighted by molar-refractivity contribution is 0.0696. The fourth-order valence-electron chi connectivity index (χ4n) is 1.16. The molecule has 0 amide bonds. The van der Waals surface area contributed by atoms with Crippen LogP contribution < -0.4 is 0 Å². The molecule has 1 N–H and O–H groups in total. The maximum absolute atomic E-state index is 10.8. The Kier molecular flexibility index (Phi) is 4.19. The molecular formula is C13H16O2S. The molecule has 0 spiro atoms. The Morgan fingerprint density at radius 2 is 2.06 bits per heavy atom. The van der Waals surface area contributed by atoms with E-state index in [2.05, 4.69) is 20.4 Å². The van der Waals surface area contributed by atoms with E-state index in [0.717, 1.165) is 15.4 Å². The normalized spacial score (nSPS) is 10.5. The van der Waals surface area contributed by atoms with Crippen molar-refractivity contribution < 1.29 is 9.90 Å². The van der Waals surface area contributed by atoms with Crippen LogP contribution in [-0.2, 0) is 0 Å². The summed E-state index contributed by atoms with van der Waals surface area (Å²) < 4.78 is 0. The number of benzene rings is 1. The minimum atomic E-state index is -0.887. The third-order valence-corrected chi connectivity index (χ3v) is 3.72. The molecule has 0 aliphatic carbocycles. The molecule has 0 aliphatic rings. The summed E-state index contributed by atoms with van der Waals surface area (Å²) in [6.45, 7) is 10.1. The molecule has 0 radical (unpaired) electrons. The second kappa shape index (κ2) is 5.21. The van der Waals surface area contributed by atoms with Gasteiger partial charge in [0.15, 0.2) is 0 Å². The summed E-state index contributed by atoms with van der Waals surface area (Å²) in [5, 5.41) is 8.85. The standard InChI is InChI=1S/C13H16O2S/c1-8(2)10(4)16-12-6-5-11(13(14)15)7-9(12)3/h5-8H,4H2,1-3H3,(H,14,15). The molecule has 1 rings (SSSR count). The van der Waals surface area contributed by atoms with E-state index >= 15 is 0 Å². The Morgan fingerprint density at radius 3 is 2.50 bits per heavy atom. The van der Waals surface area contributed by atoms with E-state index in [1.807, 2.05) is 13.0 Å². The Hall–Kier alpha value is -1.22. The highest BCUT2D eigenvalue weighted by molar-refractivity contribution is 8.03. The lowest BCUT2D eigenvalue weighted by Crippen LogP contribution is -1.97. The minimum Gasteiger partial charge on any atom is -0.478 e. The molecule has 2 nitrogen and oxygen atoms in total. The SMILES string of the molecule is C=C(Sc1ccc(C(=O)O)cc1C)C(C)C. The maximum atomic E-state index is 10.8. The van der Waals surface area contributed by atoms with Gasteiger partial charge in [0.25, 0.3) is 0 Å². The lowest BCUT2D eigenvalue weighted by atomic mass is 10.1. The van der Waals surface area contributed by atoms with E-state index in [1.54, 1.807) is 23.9 Å². The number of aryl methyl sites for hydroxylation is 1. The van der Waals surface area contributed by atoms with E-state index in [1.165, 1.54) is 0 Å². The average molecular weight is 236 g/mol. The van der Waals surface area contributed by atoms with Crippen LogP contribution in [0, 0.1) is 12.8 Å². The number of carbonyl (C=O) groups is 1. The topological polar surface area (TPSA) is 37.3 Å². The molecule has 0 saturated heterocycles. The average Bonchev–Trinajstić information content (AvgIpc) is 2.20. The van der Waals surface area contributed by atoms with Crippen molar-refractivity contribution in [2.75, 3.05) is 0 Å². The van der Waals surface area contributed by atoms with Gasteiger partial charge in [-0.2, -0.15) is 0 Å². The van der Waals surface area contributed by atoms with Crippen LogP contribution in [-0.4, -0.2) is 11.1 Å². The fraction of sp³-hybridized carbons (Fsp3) is 0.308. The quantitative estimate of drug-likeness (QED) is 0.804. The molecule has 0 unspecified atom stereocenters. The van der Waals surface area contributed by atoms with Crippen molar-refractivity contribution in [3.8, 4) is 0 Å². The van der Waals surface area contributed by atoms with Crippen molar-refractivity contribution in [3.63, 3.8) is 0 Å². The number of carboxylic acids is 1. The predicted octanol–water partition coefficient (Wildman–Crippen LogP) is 3.96. The van der Waals surface area contributed by atoms with Gasteiger partial charge in [-0.1, -0.05) is 32.2 Å². The molecule has 1 aromatic carbocycles. The second-order valence-corrected chi connectivity index (χ2v) is 5.18. The zero-order chi connectivity index (χ0) is 12.3. The number of hydrogen-bond donors (Lipinski definition) is 1. The number of thioether (sulfide) groups is 1. The maximum Gasteiger partial charge on any atom is 0.335 e. The van der Waals surface area contributed by atoms with Crippen LogP contribution in [0.2, 0.25) is 0 Å². The minimum absolute atomic E-state index is 0.331. The molecule has 0 aromatic heterocycles. The summed E-state index contributed by atoms with van der Waals surface area (Å²) in [4.78, 5) is 12.9. The highest BCUT2D eigenvalue weighted by atomic mass is 32.2. The fourth-order valence-corrected chi connectivity index (χ4v) is 2.03. The van der Waals surface area contributed by atoms with Crippen molar-refractivity contribution in [2.24, 2.45) is 5.92 Å². The smallest absolute Gasteiger partial charge is 0.335 e. The molecule has 0 heterocycles. The number of rotatable bonds is 4. The number of allylic oxidation sites excluding steroid dienone is 1. The first-order valence-corrected chi connectivity index (χ1v) is 5.94. The largest absolute Gasteiger partial charge is 0.478 e. The van der Waals surface area contributed by atoms with E-state index in [4.69, 9.17) is 5.11 Å². The van der Waals surface area contributed by atoms with E-state index in [0.29, 0.717) is 11.5 Å². The van der Waals surface area contributed by atoms with Gasteiger partial charge in [-0.25, -0.2) is 4.79 Å². The molecule has 16 heavy (non-hydrogen) atoms. The van der Waals surface area contributed by atoms with Crippen LogP contribution in [0.4, 0.5) is 0 Å². The molecule has 0 atom stereocenters. The van der Waals surface area contributed by atoms with Crippen LogP contribution >= 0.6 is 11.8 Å². The zero-order valence-corrected chi connectivity index (χ0v) is 10.6. The predicted molar refractivity (Wildman–Crippen MR) is 68.0 cm³/mol. The second-order valence-electron chi connectivity index (χ2n) is 4.01. The third-order valence-electron chi connectivity index (χ3n) is 2.31. The van der Waals surface area contributed by atoms with Gasteiger partial charge in [0.2, 0.25) is 0 Å². The zero-order valence-electron chi connectivity index (χ0n) is 9.78. The molecule has 86 valence electrons. The van der Waals surface area contributed by atoms with Crippen LogP contribution in [0.25, 0.3) is 0 Å². The van der Waals surface area contributed by atoms with Crippen LogP contribution in [0.1, 0.15) is 29.8 Å². The molecular weight excluding hydrogens is 220 g/mol. The first-order chi connectivity index (χ1) is 7.41. The van der Waals surface area contributed by atoms with Gasteiger partial charge in [0, 0.05) is 4.90 Å². The molecule has 1 aromatic rings. The van der Waals surface area contributed by atoms with Crippen molar-refractivity contribution in [1.29, 1.82) is 0 Å².